The number of nitrogens with zero attached hydrogens (tertiary/aromatic N) is 1. The molecule has 0 radical (unpaired) electrons. The summed E-state index contributed by atoms with van der Waals surface area (Å²) < 4.78 is 34.3. The highest BCUT2D eigenvalue weighted by atomic mass is 31.2. The molecule has 0 aromatic heterocycles. The van der Waals surface area contributed by atoms with Gasteiger partial charge < -0.3 is 27.9 Å². The van der Waals surface area contributed by atoms with E-state index >= 15 is 0 Å². The van der Waals surface area contributed by atoms with Crippen LogP contribution in [0.1, 0.15) is 393 Å². The number of allylic oxidation sites excluding steroid dienone is 4. The van der Waals surface area contributed by atoms with E-state index in [-0.39, 0.29) is 32.0 Å². The van der Waals surface area contributed by atoms with Crippen molar-refractivity contribution in [1.29, 1.82) is 0 Å². The molecule has 85 heavy (non-hydrogen) atoms. The average molecular weight is 1220 g/mol. The summed E-state index contributed by atoms with van der Waals surface area (Å²) in [6, 6.07) is 0. The summed E-state index contributed by atoms with van der Waals surface area (Å²) in [6.45, 7) is 4.30. The molecule has 0 bridgehead atoms. The van der Waals surface area contributed by atoms with Gasteiger partial charge in [0.15, 0.2) is 6.10 Å². The topological polar surface area (TPSA) is 111 Å². The lowest BCUT2D eigenvalue weighted by molar-refractivity contribution is -0.870. The number of quaternary nitrogens is 1. The molecule has 0 amide bonds. The first-order valence-electron chi connectivity index (χ1n) is 37.5. The number of hydrogen-bond acceptors (Lipinski definition) is 8. The normalized spacial score (nSPS) is 13.2. The van der Waals surface area contributed by atoms with Crippen LogP contribution < -0.4 is 4.89 Å². The summed E-state index contributed by atoms with van der Waals surface area (Å²) in [4.78, 5) is 38.0. The van der Waals surface area contributed by atoms with E-state index in [1.54, 1.807) is 0 Å². The molecule has 0 N–H and O–H groups in total. The molecule has 0 aromatic rings. The number of likely N-dealkylation sites (N-methyl/N-ethyl adjacent to an activating group) is 1. The molecule has 2 unspecified atom stereocenters. The van der Waals surface area contributed by atoms with Gasteiger partial charge in [0.1, 0.15) is 19.8 Å². The minimum atomic E-state index is -4.64. The standard InChI is InChI=1S/C75H146NO8P/c1-6-8-10-12-14-16-18-20-22-24-26-28-29-30-31-32-33-34-35-36-37-38-39-40-41-42-43-44-45-46-48-49-51-53-55-57-59-61-63-65-67-74(77)81-71-73(72-83-85(79,80)82-70-69-76(3,4)5)84-75(78)68-66-64-62-60-58-56-54-52-50-47-27-25-23-21-19-17-15-13-11-9-7-2/h19,21,25,27,73H,6-18,20,22-24,26,28-72H2,1-5H3/b21-19-,27-25-. The van der Waals surface area contributed by atoms with Gasteiger partial charge in [-0.1, -0.05) is 359 Å². The number of phosphoric ester groups is 1. The summed E-state index contributed by atoms with van der Waals surface area (Å²) in [5.41, 5.74) is 0. The maximum absolute atomic E-state index is 12.8. The monoisotopic (exact) mass is 1220 g/mol. The Bertz CT molecular complexity index is 1480. The van der Waals surface area contributed by atoms with Crippen LogP contribution in [0.15, 0.2) is 24.3 Å². The first kappa shape index (κ1) is 83.5. The average Bonchev–Trinajstić information content (AvgIpc) is 3.49. The van der Waals surface area contributed by atoms with Gasteiger partial charge in [-0.3, -0.25) is 14.2 Å². The number of esters is 2. The van der Waals surface area contributed by atoms with Crippen LogP contribution in [0.25, 0.3) is 0 Å². The molecular formula is C75H146NO8P. The van der Waals surface area contributed by atoms with Gasteiger partial charge in [-0.2, -0.15) is 0 Å². The van der Waals surface area contributed by atoms with E-state index in [2.05, 4.69) is 38.2 Å². The smallest absolute Gasteiger partial charge is 0.306 e. The Morgan fingerprint density at radius 1 is 0.365 bits per heavy atom. The molecule has 0 fully saturated rings. The third-order valence-electron chi connectivity index (χ3n) is 17.2. The van der Waals surface area contributed by atoms with Crippen LogP contribution in [0.3, 0.4) is 0 Å². The zero-order chi connectivity index (χ0) is 61.9. The van der Waals surface area contributed by atoms with Crippen molar-refractivity contribution in [2.75, 3.05) is 47.5 Å². The fraction of sp³-hybridized carbons (Fsp3) is 0.920. The van der Waals surface area contributed by atoms with Crippen molar-refractivity contribution in [3.05, 3.63) is 24.3 Å². The van der Waals surface area contributed by atoms with Crippen LogP contribution in [-0.4, -0.2) is 70.0 Å². The van der Waals surface area contributed by atoms with Gasteiger partial charge in [0.25, 0.3) is 7.82 Å². The number of rotatable bonds is 71. The van der Waals surface area contributed by atoms with E-state index in [1.165, 1.54) is 308 Å². The largest absolute Gasteiger partial charge is 0.756 e. The molecule has 0 aliphatic heterocycles. The molecule has 0 rings (SSSR count). The number of carbonyl (C=O) groups is 2. The molecule has 0 saturated carbocycles. The van der Waals surface area contributed by atoms with E-state index in [1.807, 2.05) is 21.1 Å². The highest BCUT2D eigenvalue weighted by Gasteiger charge is 2.22. The Balaban J connectivity index is 3.86. The summed E-state index contributed by atoms with van der Waals surface area (Å²) >= 11 is 0. The van der Waals surface area contributed by atoms with Crippen LogP contribution in [0.2, 0.25) is 0 Å². The molecule has 0 aromatic carbocycles. The van der Waals surface area contributed by atoms with Crippen LogP contribution >= 0.6 is 7.82 Å². The zero-order valence-electron chi connectivity index (χ0n) is 57.6. The van der Waals surface area contributed by atoms with Crippen molar-refractivity contribution >= 4 is 19.8 Å². The lowest BCUT2D eigenvalue weighted by Gasteiger charge is -2.28. The molecule has 9 nitrogen and oxygen atoms in total. The van der Waals surface area contributed by atoms with Gasteiger partial charge in [-0.25, -0.2) is 0 Å². The van der Waals surface area contributed by atoms with Crippen LogP contribution in [0.4, 0.5) is 0 Å². The van der Waals surface area contributed by atoms with Crippen LogP contribution in [0, 0.1) is 0 Å². The summed E-state index contributed by atoms with van der Waals surface area (Å²) in [7, 11) is 1.18. The molecule has 0 aliphatic rings. The van der Waals surface area contributed by atoms with Crippen molar-refractivity contribution in [3.63, 3.8) is 0 Å². The molecule has 0 aliphatic carbocycles. The number of hydrogen-bond donors (Lipinski definition) is 0. The quantitative estimate of drug-likeness (QED) is 0.0195. The highest BCUT2D eigenvalue weighted by molar-refractivity contribution is 7.45. The Labute approximate surface area is 529 Å². The number of carbonyl (C=O) groups excluding carboxylic acids is 2. The lowest BCUT2D eigenvalue weighted by atomic mass is 10.0. The number of unbranched alkanes of at least 4 members (excludes halogenated alkanes) is 53. The Kier molecular flexibility index (Phi) is 65.7. The fourth-order valence-electron chi connectivity index (χ4n) is 11.5. The Morgan fingerprint density at radius 2 is 0.635 bits per heavy atom. The predicted molar refractivity (Wildman–Crippen MR) is 365 cm³/mol. The molecule has 0 spiro atoms. The van der Waals surface area contributed by atoms with Crippen molar-refractivity contribution in [3.8, 4) is 0 Å². The summed E-state index contributed by atoms with van der Waals surface area (Å²) in [5.74, 6) is -0.817. The van der Waals surface area contributed by atoms with Crippen molar-refractivity contribution < 1.29 is 42.1 Å². The molecule has 504 valence electrons. The highest BCUT2D eigenvalue weighted by Crippen LogP contribution is 2.38. The van der Waals surface area contributed by atoms with Gasteiger partial charge >= 0.3 is 11.9 Å². The fourth-order valence-corrected chi connectivity index (χ4v) is 12.2. The minimum Gasteiger partial charge on any atom is -0.756 e. The number of ether oxygens (including phenoxy) is 2. The Morgan fingerprint density at radius 3 is 0.929 bits per heavy atom. The third-order valence-corrected chi connectivity index (χ3v) is 18.2. The lowest BCUT2D eigenvalue weighted by Crippen LogP contribution is -2.37. The molecule has 0 heterocycles. The second-order valence-electron chi connectivity index (χ2n) is 27.0. The van der Waals surface area contributed by atoms with E-state index in [0.29, 0.717) is 17.4 Å². The van der Waals surface area contributed by atoms with Gasteiger partial charge in [-0.05, 0) is 44.9 Å². The zero-order valence-corrected chi connectivity index (χ0v) is 58.5. The van der Waals surface area contributed by atoms with Crippen molar-refractivity contribution in [2.45, 2.75) is 399 Å². The van der Waals surface area contributed by atoms with E-state index < -0.39 is 26.5 Å². The van der Waals surface area contributed by atoms with Gasteiger partial charge in [0.05, 0.1) is 27.7 Å². The van der Waals surface area contributed by atoms with E-state index in [9.17, 15) is 19.0 Å². The third kappa shape index (κ3) is 71.4. The second kappa shape index (κ2) is 66.9. The number of phosphoric acid groups is 1. The molecule has 10 heteroatoms. The SMILES string of the molecule is CCCCCCC/C=C\C/C=C\CCCCCCCCCCCC(=O)OC(COC(=O)CCCCCCCCCCCCCCCCCCCCCCCCCCCCCCCCCCCCCCCCCC)COP(=O)([O-])OCC[N+](C)(C)C. The molecule has 0 saturated heterocycles. The summed E-state index contributed by atoms with van der Waals surface area (Å²) in [6.07, 6.45) is 84.4. The first-order chi connectivity index (χ1) is 41.5. The predicted octanol–water partition coefficient (Wildman–Crippen LogP) is 23.8. The Hall–Kier alpha value is -1.51. The molecular weight excluding hydrogens is 1070 g/mol. The second-order valence-corrected chi connectivity index (χ2v) is 28.4. The molecule has 2 atom stereocenters. The summed E-state index contributed by atoms with van der Waals surface area (Å²) in [5, 5.41) is 0. The van der Waals surface area contributed by atoms with Crippen LogP contribution in [0.5, 0.6) is 0 Å². The van der Waals surface area contributed by atoms with E-state index in [4.69, 9.17) is 18.5 Å². The van der Waals surface area contributed by atoms with Gasteiger partial charge in [0, 0.05) is 12.8 Å². The van der Waals surface area contributed by atoms with Crippen molar-refractivity contribution in [1.82, 2.24) is 0 Å². The maximum Gasteiger partial charge on any atom is 0.306 e. The van der Waals surface area contributed by atoms with Gasteiger partial charge in [-0.15, -0.1) is 0 Å². The maximum atomic E-state index is 12.8. The minimum absolute atomic E-state index is 0.0290. The van der Waals surface area contributed by atoms with Crippen molar-refractivity contribution in [2.24, 2.45) is 0 Å². The van der Waals surface area contributed by atoms with E-state index in [0.717, 1.165) is 51.4 Å². The first-order valence-corrected chi connectivity index (χ1v) is 39.0. The van der Waals surface area contributed by atoms with Gasteiger partial charge in [0.2, 0.25) is 0 Å². The van der Waals surface area contributed by atoms with Crippen LogP contribution in [-0.2, 0) is 32.7 Å².